The van der Waals surface area contributed by atoms with E-state index in [9.17, 15) is 0 Å². The van der Waals surface area contributed by atoms with Crippen LogP contribution in [0.15, 0.2) is 10.6 Å². The zero-order valence-electron chi connectivity index (χ0n) is 13.5. The number of aromatic nitrogens is 1. The van der Waals surface area contributed by atoms with Crippen molar-refractivity contribution in [2.45, 2.75) is 57.2 Å². The molecule has 122 valence electrons. The number of nitrogens with zero attached hydrogens (tertiary/aromatic N) is 3. The second-order valence-electron chi connectivity index (χ2n) is 7.09. The van der Waals surface area contributed by atoms with E-state index in [0.717, 1.165) is 57.1 Å². The topological polar surface area (TPSA) is 41.7 Å². The van der Waals surface area contributed by atoms with Gasteiger partial charge in [-0.05, 0) is 32.6 Å². The molecule has 22 heavy (non-hydrogen) atoms. The second-order valence-corrected chi connectivity index (χ2v) is 7.09. The lowest BCUT2D eigenvalue weighted by atomic mass is 10.0. The van der Waals surface area contributed by atoms with Crippen molar-refractivity contribution in [2.24, 2.45) is 0 Å². The van der Waals surface area contributed by atoms with E-state index in [2.05, 4.69) is 21.7 Å². The Hall–Kier alpha value is -0.910. The molecule has 0 unspecified atom stereocenters. The van der Waals surface area contributed by atoms with Crippen LogP contribution in [0.25, 0.3) is 0 Å². The molecule has 0 radical (unpaired) electrons. The van der Waals surface area contributed by atoms with Gasteiger partial charge in [-0.25, -0.2) is 4.98 Å². The quantitative estimate of drug-likeness (QED) is 0.853. The highest BCUT2D eigenvalue weighted by Gasteiger charge is 2.31. The number of rotatable bonds is 4. The minimum atomic E-state index is 0.563. The van der Waals surface area contributed by atoms with Gasteiger partial charge < -0.3 is 9.15 Å². The molecule has 3 heterocycles. The maximum atomic E-state index is 5.92. The van der Waals surface area contributed by atoms with Crippen LogP contribution in [-0.4, -0.2) is 59.7 Å². The van der Waals surface area contributed by atoms with Gasteiger partial charge in [0, 0.05) is 50.8 Å². The first-order valence-corrected chi connectivity index (χ1v) is 8.80. The summed E-state index contributed by atoms with van der Waals surface area (Å²) in [4.78, 5) is 9.65. The minimum absolute atomic E-state index is 0.563. The summed E-state index contributed by atoms with van der Waals surface area (Å²) >= 11 is 0. The maximum Gasteiger partial charge on any atom is 0.208 e. The Morgan fingerprint density at radius 3 is 2.73 bits per heavy atom. The first-order valence-electron chi connectivity index (χ1n) is 8.80. The van der Waals surface area contributed by atoms with Crippen LogP contribution in [0.5, 0.6) is 0 Å². The summed E-state index contributed by atoms with van der Waals surface area (Å²) in [7, 11) is 0. The molecule has 1 atom stereocenters. The molecular formula is C17H27N3O2. The molecule has 2 saturated heterocycles. The molecule has 5 heteroatoms. The zero-order valence-corrected chi connectivity index (χ0v) is 13.5. The van der Waals surface area contributed by atoms with E-state index in [0.29, 0.717) is 12.0 Å². The number of oxazole rings is 1. The molecule has 1 aromatic heterocycles. The standard InChI is InChI=1S/C17H27N3O2/c1-13-11-20(15-4-8-21-9-5-15)7-6-19(13)12-17-18-10-16(22-17)14-2-3-14/h10,13-15H,2-9,11-12H2,1H3/t13-/m1/s1. The van der Waals surface area contributed by atoms with Gasteiger partial charge in [0.05, 0.1) is 12.7 Å². The van der Waals surface area contributed by atoms with E-state index in [-0.39, 0.29) is 0 Å². The van der Waals surface area contributed by atoms with Crippen molar-refractivity contribution in [3.8, 4) is 0 Å². The van der Waals surface area contributed by atoms with Crippen molar-refractivity contribution >= 4 is 0 Å². The molecule has 1 aliphatic carbocycles. The van der Waals surface area contributed by atoms with Crippen LogP contribution >= 0.6 is 0 Å². The molecule has 4 rings (SSSR count). The monoisotopic (exact) mass is 305 g/mol. The molecule has 1 saturated carbocycles. The smallest absolute Gasteiger partial charge is 0.208 e. The fourth-order valence-electron chi connectivity index (χ4n) is 3.77. The Bertz CT molecular complexity index is 494. The van der Waals surface area contributed by atoms with Gasteiger partial charge in [-0.1, -0.05) is 0 Å². The summed E-state index contributed by atoms with van der Waals surface area (Å²) in [5.41, 5.74) is 0. The first kappa shape index (κ1) is 14.7. The largest absolute Gasteiger partial charge is 0.444 e. The van der Waals surface area contributed by atoms with Crippen molar-refractivity contribution < 1.29 is 9.15 Å². The fourth-order valence-corrected chi connectivity index (χ4v) is 3.77. The Morgan fingerprint density at radius 1 is 1.18 bits per heavy atom. The summed E-state index contributed by atoms with van der Waals surface area (Å²) in [5.74, 6) is 2.65. The maximum absolute atomic E-state index is 5.92. The SMILES string of the molecule is C[C@@H]1CN(C2CCOCC2)CCN1Cc1ncc(C2CC2)o1. The Labute approximate surface area is 132 Å². The lowest BCUT2D eigenvalue weighted by molar-refractivity contribution is -0.00522. The van der Waals surface area contributed by atoms with Gasteiger partial charge in [0.1, 0.15) is 5.76 Å². The molecule has 0 aromatic carbocycles. The molecule has 5 nitrogen and oxygen atoms in total. The number of piperazine rings is 1. The summed E-state index contributed by atoms with van der Waals surface area (Å²) in [6.45, 7) is 8.47. The van der Waals surface area contributed by atoms with E-state index in [4.69, 9.17) is 9.15 Å². The van der Waals surface area contributed by atoms with E-state index in [1.54, 1.807) is 0 Å². The predicted octanol–water partition coefficient (Wildman–Crippen LogP) is 2.24. The van der Waals surface area contributed by atoms with Crippen LogP contribution in [0.2, 0.25) is 0 Å². The molecular weight excluding hydrogens is 278 g/mol. The summed E-state index contributed by atoms with van der Waals surface area (Å²) in [6, 6.07) is 1.29. The predicted molar refractivity (Wildman–Crippen MR) is 83.8 cm³/mol. The fraction of sp³-hybridized carbons (Fsp3) is 0.824. The third-order valence-electron chi connectivity index (χ3n) is 5.39. The van der Waals surface area contributed by atoms with E-state index < -0.39 is 0 Å². The van der Waals surface area contributed by atoms with Crippen molar-refractivity contribution in [3.05, 3.63) is 17.8 Å². The van der Waals surface area contributed by atoms with Gasteiger partial charge in [-0.15, -0.1) is 0 Å². The van der Waals surface area contributed by atoms with Crippen LogP contribution in [0, 0.1) is 0 Å². The normalized spacial score (nSPS) is 29.0. The molecule has 0 spiro atoms. The Morgan fingerprint density at radius 2 is 2.00 bits per heavy atom. The third kappa shape index (κ3) is 3.21. The Balaban J connectivity index is 1.31. The van der Waals surface area contributed by atoms with Crippen molar-refractivity contribution in [3.63, 3.8) is 0 Å². The highest BCUT2D eigenvalue weighted by atomic mass is 16.5. The van der Waals surface area contributed by atoms with Gasteiger partial charge in [0.25, 0.3) is 0 Å². The van der Waals surface area contributed by atoms with Crippen LogP contribution in [0.3, 0.4) is 0 Å². The molecule has 0 bridgehead atoms. The van der Waals surface area contributed by atoms with Crippen LogP contribution in [0.1, 0.15) is 50.2 Å². The summed E-state index contributed by atoms with van der Waals surface area (Å²) in [6.07, 6.45) is 6.87. The van der Waals surface area contributed by atoms with Crippen LogP contribution in [-0.2, 0) is 11.3 Å². The lowest BCUT2D eigenvalue weighted by Crippen LogP contribution is -2.55. The van der Waals surface area contributed by atoms with Crippen molar-refractivity contribution in [1.29, 1.82) is 0 Å². The van der Waals surface area contributed by atoms with Gasteiger partial charge in [0.15, 0.2) is 0 Å². The van der Waals surface area contributed by atoms with E-state index >= 15 is 0 Å². The highest BCUT2D eigenvalue weighted by molar-refractivity contribution is 5.08. The summed E-state index contributed by atoms with van der Waals surface area (Å²) in [5, 5.41) is 0. The molecule has 2 aliphatic heterocycles. The van der Waals surface area contributed by atoms with E-state index in [1.165, 1.54) is 25.7 Å². The van der Waals surface area contributed by atoms with Gasteiger partial charge in [-0.3, -0.25) is 9.80 Å². The minimum Gasteiger partial charge on any atom is -0.444 e. The first-order chi connectivity index (χ1) is 10.8. The summed E-state index contributed by atoms with van der Waals surface area (Å²) < 4.78 is 11.4. The van der Waals surface area contributed by atoms with Crippen LogP contribution < -0.4 is 0 Å². The number of hydrogen-bond donors (Lipinski definition) is 0. The number of ether oxygens (including phenoxy) is 1. The number of hydrogen-bond acceptors (Lipinski definition) is 5. The second kappa shape index (κ2) is 6.30. The molecule has 0 N–H and O–H groups in total. The van der Waals surface area contributed by atoms with E-state index in [1.807, 2.05) is 6.20 Å². The van der Waals surface area contributed by atoms with Gasteiger partial charge in [-0.2, -0.15) is 0 Å². The highest BCUT2D eigenvalue weighted by Crippen LogP contribution is 2.40. The van der Waals surface area contributed by atoms with Gasteiger partial charge >= 0.3 is 0 Å². The van der Waals surface area contributed by atoms with Crippen molar-refractivity contribution in [2.75, 3.05) is 32.8 Å². The Kier molecular flexibility index (Phi) is 4.20. The van der Waals surface area contributed by atoms with Crippen LogP contribution in [0.4, 0.5) is 0 Å². The average molecular weight is 305 g/mol. The molecule has 0 amide bonds. The molecule has 3 aliphatic rings. The average Bonchev–Trinajstić information content (AvgIpc) is 3.30. The lowest BCUT2D eigenvalue weighted by Gasteiger charge is -2.43. The van der Waals surface area contributed by atoms with Crippen molar-refractivity contribution in [1.82, 2.24) is 14.8 Å². The third-order valence-corrected chi connectivity index (χ3v) is 5.39. The molecule has 1 aromatic rings. The van der Waals surface area contributed by atoms with Gasteiger partial charge in [0.2, 0.25) is 5.89 Å². The zero-order chi connectivity index (χ0) is 14.9. The molecule has 3 fully saturated rings.